The second-order valence-electron chi connectivity index (χ2n) is 4.61. The van der Waals surface area contributed by atoms with Gasteiger partial charge in [0, 0.05) is 18.9 Å². The first-order chi connectivity index (χ1) is 9.53. The van der Waals surface area contributed by atoms with Crippen molar-refractivity contribution in [2.75, 3.05) is 0 Å². The zero-order valence-corrected chi connectivity index (χ0v) is 12.4. The first-order valence-corrected chi connectivity index (χ1v) is 7.96. The average Bonchev–Trinajstić information content (AvgIpc) is 2.83. The normalized spacial score (nSPS) is 11.5. The molecule has 0 bridgehead atoms. The molecule has 0 atom stereocenters. The van der Waals surface area contributed by atoms with Crippen molar-refractivity contribution in [1.29, 1.82) is 0 Å². The van der Waals surface area contributed by atoms with Crippen LogP contribution in [0.5, 0.6) is 6.01 Å². The zero-order valence-electron chi connectivity index (χ0n) is 11.6. The van der Waals surface area contributed by atoms with E-state index in [9.17, 15) is 8.42 Å². The minimum atomic E-state index is -3.83. The Bertz CT molecular complexity index is 660. The van der Waals surface area contributed by atoms with Gasteiger partial charge in [-0.2, -0.15) is 8.42 Å². The lowest BCUT2D eigenvalue weighted by molar-refractivity contribution is 0.437. The molecule has 0 fully saturated rings. The fourth-order valence-corrected chi connectivity index (χ4v) is 2.64. The lowest BCUT2D eigenvalue weighted by atomic mass is 10.2. The summed E-state index contributed by atoms with van der Waals surface area (Å²) in [6.45, 7) is 4.66. The second kappa shape index (κ2) is 6.09. The summed E-state index contributed by atoms with van der Waals surface area (Å²) in [5.74, 6) is 0. The monoisotopic (exact) mass is 294 g/mol. The van der Waals surface area contributed by atoms with Gasteiger partial charge in [-0.05, 0) is 25.5 Å². The molecule has 0 spiro atoms. The van der Waals surface area contributed by atoms with Crippen molar-refractivity contribution in [3.8, 4) is 6.01 Å². The molecule has 0 amide bonds. The highest BCUT2D eigenvalue weighted by molar-refractivity contribution is 7.87. The number of nitrogens with zero attached hydrogens (tertiary/aromatic N) is 2. The van der Waals surface area contributed by atoms with Crippen molar-refractivity contribution in [2.45, 2.75) is 38.1 Å². The maximum absolute atomic E-state index is 12.2. The maximum atomic E-state index is 12.2. The third-order valence-corrected chi connectivity index (χ3v) is 4.14. The third kappa shape index (κ3) is 3.39. The van der Waals surface area contributed by atoms with E-state index in [0.29, 0.717) is 6.54 Å². The molecule has 6 heteroatoms. The van der Waals surface area contributed by atoms with Gasteiger partial charge in [0.05, 0.1) is 0 Å². The van der Waals surface area contributed by atoms with Gasteiger partial charge in [0.2, 0.25) is 0 Å². The lowest BCUT2D eigenvalue weighted by Crippen LogP contribution is -2.13. The fraction of sp³-hybridized carbons (Fsp3) is 0.357. The standard InChI is InChI=1S/C14H18N2O3S/c1-3-4-10-16-11-9-15-14(16)19-20(17,18)13-7-5-12(2)6-8-13/h5-9,11H,3-4,10H2,1-2H3. The van der Waals surface area contributed by atoms with Crippen LogP contribution >= 0.6 is 0 Å². The molecule has 0 saturated carbocycles. The molecule has 1 aromatic heterocycles. The van der Waals surface area contributed by atoms with Crippen LogP contribution in [0.15, 0.2) is 41.6 Å². The quantitative estimate of drug-likeness (QED) is 0.769. The molecule has 0 unspecified atom stereocenters. The molecule has 0 radical (unpaired) electrons. The molecule has 0 N–H and O–H groups in total. The number of hydrogen-bond acceptors (Lipinski definition) is 4. The minimum absolute atomic E-state index is 0.110. The van der Waals surface area contributed by atoms with Crippen LogP contribution in [0.2, 0.25) is 0 Å². The Balaban J connectivity index is 2.20. The van der Waals surface area contributed by atoms with Gasteiger partial charge in [-0.15, -0.1) is 0 Å². The largest absolute Gasteiger partial charge is 0.341 e. The van der Waals surface area contributed by atoms with E-state index in [2.05, 4.69) is 11.9 Å². The molecule has 0 aliphatic carbocycles. The van der Waals surface area contributed by atoms with Gasteiger partial charge in [0.1, 0.15) is 4.90 Å². The number of hydrogen-bond donors (Lipinski definition) is 0. The van der Waals surface area contributed by atoms with Gasteiger partial charge < -0.3 is 8.75 Å². The number of unbranched alkanes of at least 4 members (excludes halogenated alkanes) is 1. The number of aromatic nitrogens is 2. The minimum Gasteiger partial charge on any atom is -0.341 e. The molecule has 0 aliphatic heterocycles. The van der Waals surface area contributed by atoms with Crippen molar-refractivity contribution in [2.24, 2.45) is 0 Å². The van der Waals surface area contributed by atoms with Crippen molar-refractivity contribution in [1.82, 2.24) is 9.55 Å². The van der Waals surface area contributed by atoms with Crippen LogP contribution in [0, 0.1) is 6.92 Å². The van der Waals surface area contributed by atoms with Crippen LogP contribution in [0.25, 0.3) is 0 Å². The van der Waals surface area contributed by atoms with Crippen molar-refractivity contribution in [3.63, 3.8) is 0 Å². The summed E-state index contributed by atoms with van der Waals surface area (Å²) in [7, 11) is -3.83. The molecular weight excluding hydrogens is 276 g/mol. The van der Waals surface area contributed by atoms with E-state index >= 15 is 0 Å². The summed E-state index contributed by atoms with van der Waals surface area (Å²) in [6, 6.07) is 6.65. The zero-order chi connectivity index (χ0) is 14.6. The van der Waals surface area contributed by atoms with Crippen LogP contribution in [0.3, 0.4) is 0 Å². The van der Waals surface area contributed by atoms with E-state index in [4.69, 9.17) is 4.18 Å². The Morgan fingerprint density at radius 3 is 2.60 bits per heavy atom. The first-order valence-electron chi connectivity index (χ1n) is 6.55. The Morgan fingerprint density at radius 2 is 1.95 bits per heavy atom. The van der Waals surface area contributed by atoms with Gasteiger partial charge in [-0.25, -0.2) is 4.98 Å². The van der Waals surface area contributed by atoms with Crippen LogP contribution < -0.4 is 4.18 Å². The van der Waals surface area contributed by atoms with Crippen LogP contribution in [-0.2, 0) is 16.7 Å². The molecule has 5 nitrogen and oxygen atoms in total. The molecule has 2 rings (SSSR count). The molecule has 20 heavy (non-hydrogen) atoms. The number of aryl methyl sites for hydroxylation is 2. The summed E-state index contributed by atoms with van der Waals surface area (Å²) < 4.78 is 31.1. The van der Waals surface area contributed by atoms with Gasteiger partial charge in [0.25, 0.3) is 0 Å². The van der Waals surface area contributed by atoms with E-state index in [-0.39, 0.29) is 10.9 Å². The molecule has 2 aromatic rings. The van der Waals surface area contributed by atoms with Crippen molar-refractivity contribution >= 4 is 10.1 Å². The molecule has 0 saturated heterocycles. The van der Waals surface area contributed by atoms with E-state index < -0.39 is 10.1 Å². The number of benzene rings is 1. The highest BCUT2D eigenvalue weighted by atomic mass is 32.2. The smallest absolute Gasteiger partial charge is 0.341 e. The highest BCUT2D eigenvalue weighted by Crippen LogP contribution is 2.18. The molecule has 1 heterocycles. The summed E-state index contributed by atoms with van der Waals surface area (Å²) in [5.41, 5.74) is 0.994. The van der Waals surface area contributed by atoms with Gasteiger partial charge in [-0.3, -0.25) is 0 Å². The number of imidazole rings is 1. The average molecular weight is 294 g/mol. The first kappa shape index (κ1) is 14.6. The second-order valence-corrected chi connectivity index (χ2v) is 6.15. The summed E-state index contributed by atoms with van der Waals surface area (Å²) >= 11 is 0. The SMILES string of the molecule is CCCCn1ccnc1OS(=O)(=O)c1ccc(C)cc1. The Morgan fingerprint density at radius 1 is 1.25 bits per heavy atom. The molecule has 108 valence electrons. The molecule has 1 aromatic carbocycles. The van der Waals surface area contributed by atoms with Gasteiger partial charge in [0.15, 0.2) is 0 Å². The highest BCUT2D eigenvalue weighted by Gasteiger charge is 2.19. The topological polar surface area (TPSA) is 61.2 Å². The third-order valence-electron chi connectivity index (χ3n) is 2.92. The van der Waals surface area contributed by atoms with E-state index in [1.54, 1.807) is 22.9 Å². The lowest BCUT2D eigenvalue weighted by Gasteiger charge is -2.09. The Hall–Kier alpha value is -1.82. The summed E-state index contributed by atoms with van der Waals surface area (Å²) in [6.07, 6.45) is 5.21. The summed E-state index contributed by atoms with van der Waals surface area (Å²) in [5, 5.41) is 0. The Labute approximate surface area is 119 Å². The van der Waals surface area contributed by atoms with E-state index in [0.717, 1.165) is 18.4 Å². The summed E-state index contributed by atoms with van der Waals surface area (Å²) in [4.78, 5) is 4.09. The van der Waals surface area contributed by atoms with Gasteiger partial charge >= 0.3 is 16.1 Å². The Kier molecular flexibility index (Phi) is 4.44. The van der Waals surface area contributed by atoms with Crippen molar-refractivity contribution < 1.29 is 12.6 Å². The van der Waals surface area contributed by atoms with Crippen LogP contribution in [0.4, 0.5) is 0 Å². The van der Waals surface area contributed by atoms with Crippen LogP contribution in [0.1, 0.15) is 25.3 Å². The predicted octanol–water partition coefficient (Wildman–Crippen LogP) is 2.76. The molecular formula is C14H18N2O3S. The van der Waals surface area contributed by atoms with Gasteiger partial charge in [-0.1, -0.05) is 31.0 Å². The van der Waals surface area contributed by atoms with E-state index in [1.807, 2.05) is 6.92 Å². The van der Waals surface area contributed by atoms with Crippen LogP contribution in [-0.4, -0.2) is 18.0 Å². The number of rotatable bonds is 6. The fourth-order valence-electron chi connectivity index (χ4n) is 1.73. The van der Waals surface area contributed by atoms with E-state index in [1.165, 1.54) is 18.3 Å². The molecule has 0 aliphatic rings. The van der Waals surface area contributed by atoms with Crippen molar-refractivity contribution in [3.05, 3.63) is 42.2 Å². The maximum Gasteiger partial charge on any atom is 0.341 e. The predicted molar refractivity (Wildman–Crippen MR) is 76.1 cm³/mol.